The molecular formula is C22H25NO3. The van der Waals surface area contributed by atoms with Gasteiger partial charge in [0.1, 0.15) is 5.60 Å². The normalized spacial score (nSPS) is 24.5. The van der Waals surface area contributed by atoms with E-state index in [-0.39, 0.29) is 0 Å². The Bertz CT molecular complexity index is 809. The zero-order valence-electron chi connectivity index (χ0n) is 15.3. The van der Waals surface area contributed by atoms with E-state index in [1.807, 2.05) is 74.8 Å². The van der Waals surface area contributed by atoms with Crippen molar-refractivity contribution in [2.75, 3.05) is 27.3 Å². The highest BCUT2D eigenvalue weighted by Gasteiger charge is 2.46. The molecule has 1 heterocycles. The van der Waals surface area contributed by atoms with Gasteiger partial charge in [-0.1, -0.05) is 54.6 Å². The molecule has 0 saturated carbocycles. The molecule has 1 fully saturated rings. The fourth-order valence-corrected chi connectivity index (χ4v) is 4.00. The molecule has 0 bridgehead atoms. The molecule has 4 rings (SSSR count). The summed E-state index contributed by atoms with van der Waals surface area (Å²) in [5.41, 5.74) is 2.80. The summed E-state index contributed by atoms with van der Waals surface area (Å²) in [6, 6.07) is 17.9. The third-order valence-corrected chi connectivity index (χ3v) is 5.34. The Kier molecular flexibility index (Phi) is 4.35. The van der Waals surface area contributed by atoms with Gasteiger partial charge in [-0.25, -0.2) is 0 Å². The summed E-state index contributed by atoms with van der Waals surface area (Å²) >= 11 is 0. The largest absolute Gasteiger partial charge is 0.381 e. The minimum atomic E-state index is -1.02. The molecule has 136 valence electrons. The average molecular weight is 351 g/mol. The van der Waals surface area contributed by atoms with Gasteiger partial charge in [0.2, 0.25) is 5.79 Å². The van der Waals surface area contributed by atoms with Crippen LogP contribution in [0, 0.1) is 0 Å². The Balaban J connectivity index is 1.86. The molecule has 1 aliphatic carbocycles. The first-order valence-electron chi connectivity index (χ1n) is 9.10. The minimum absolute atomic E-state index is 0.528. The molecule has 0 aromatic heterocycles. The predicted molar refractivity (Wildman–Crippen MR) is 100 cm³/mol. The number of benzene rings is 2. The van der Waals surface area contributed by atoms with Crippen molar-refractivity contribution < 1.29 is 14.6 Å². The summed E-state index contributed by atoms with van der Waals surface area (Å²) in [6.45, 7) is 1.06. The maximum Gasteiger partial charge on any atom is 0.222 e. The van der Waals surface area contributed by atoms with E-state index in [9.17, 15) is 5.11 Å². The van der Waals surface area contributed by atoms with Crippen LogP contribution in [0.25, 0.3) is 0 Å². The predicted octanol–water partition coefficient (Wildman–Crippen LogP) is 3.36. The van der Waals surface area contributed by atoms with Crippen molar-refractivity contribution in [3.05, 3.63) is 83.1 Å². The maximum absolute atomic E-state index is 11.5. The van der Waals surface area contributed by atoms with Gasteiger partial charge in [0.25, 0.3) is 0 Å². The Morgan fingerprint density at radius 2 is 1.50 bits per heavy atom. The van der Waals surface area contributed by atoms with Gasteiger partial charge in [-0.2, -0.15) is 0 Å². The molecule has 0 spiro atoms. The smallest absolute Gasteiger partial charge is 0.222 e. The topological polar surface area (TPSA) is 41.9 Å². The molecule has 1 atom stereocenters. The number of nitrogens with zero attached hydrogens (tertiary/aromatic N) is 1. The zero-order chi connectivity index (χ0) is 18.2. The lowest BCUT2D eigenvalue weighted by Gasteiger charge is -2.34. The van der Waals surface area contributed by atoms with Crippen LogP contribution in [0.3, 0.4) is 0 Å². The van der Waals surface area contributed by atoms with Crippen LogP contribution in [0.5, 0.6) is 0 Å². The average Bonchev–Trinajstić information content (AvgIpc) is 3.31. The van der Waals surface area contributed by atoms with Crippen molar-refractivity contribution in [2.24, 2.45) is 0 Å². The fraction of sp³-hybridized carbons (Fsp3) is 0.364. The standard InChI is InChI=1S/C22H25NO3/c1-23(2)18-12-13-21(24,16-18)19-10-6-7-11-20(19)22(25-14-15-26-22)17-8-4-3-5-9-17/h3-11,16,24H,12-15H2,1-2H3. The molecule has 26 heavy (non-hydrogen) atoms. The van der Waals surface area contributed by atoms with E-state index in [0.29, 0.717) is 19.6 Å². The van der Waals surface area contributed by atoms with Crippen molar-refractivity contribution in [2.45, 2.75) is 24.2 Å². The molecule has 4 heteroatoms. The third-order valence-electron chi connectivity index (χ3n) is 5.34. The van der Waals surface area contributed by atoms with Gasteiger partial charge in [0.15, 0.2) is 0 Å². The Morgan fingerprint density at radius 1 is 0.885 bits per heavy atom. The molecule has 1 aliphatic heterocycles. The number of aliphatic hydroxyl groups is 1. The van der Waals surface area contributed by atoms with Crippen LogP contribution in [0.4, 0.5) is 0 Å². The highest BCUT2D eigenvalue weighted by Crippen LogP contribution is 2.46. The highest BCUT2D eigenvalue weighted by atomic mass is 16.7. The summed E-state index contributed by atoms with van der Waals surface area (Å²) in [7, 11) is 4.02. The Labute approximate surface area is 154 Å². The Morgan fingerprint density at radius 3 is 2.12 bits per heavy atom. The molecule has 0 radical (unpaired) electrons. The number of rotatable bonds is 4. The first kappa shape index (κ1) is 17.3. The molecule has 0 amide bonds. The van der Waals surface area contributed by atoms with Crippen LogP contribution in [0.15, 0.2) is 66.4 Å². The molecule has 4 nitrogen and oxygen atoms in total. The van der Waals surface area contributed by atoms with Crippen LogP contribution in [-0.4, -0.2) is 37.3 Å². The highest BCUT2D eigenvalue weighted by molar-refractivity contribution is 5.45. The summed E-state index contributed by atoms with van der Waals surface area (Å²) < 4.78 is 12.3. The maximum atomic E-state index is 11.5. The Hall–Kier alpha value is -2.14. The molecule has 2 aliphatic rings. The summed E-state index contributed by atoms with van der Waals surface area (Å²) in [6.07, 6.45) is 3.47. The van der Waals surface area contributed by atoms with E-state index in [1.165, 1.54) is 0 Å². The van der Waals surface area contributed by atoms with E-state index in [1.54, 1.807) is 0 Å². The summed E-state index contributed by atoms with van der Waals surface area (Å²) in [5, 5.41) is 11.5. The van der Waals surface area contributed by atoms with Gasteiger partial charge in [-0.3, -0.25) is 0 Å². The second kappa shape index (κ2) is 6.54. The molecule has 1 N–H and O–H groups in total. The van der Waals surface area contributed by atoms with Gasteiger partial charge in [-0.15, -0.1) is 0 Å². The second-order valence-corrected chi connectivity index (χ2v) is 7.18. The van der Waals surface area contributed by atoms with Gasteiger partial charge < -0.3 is 19.5 Å². The van der Waals surface area contributed by atoms with E-state index in [4.69, 9.17) is 9.47 Å². The van der Waals surface area contributed by atoms with Gasteiger partial charge in [-0.05, 0) is 24.5 Å². The molecule has 2 aromatic carbocycles. The monoisotopic (exact) mass is 351 g/mol. The van der Waals surface area contributed by atoms with Gasteiger partial charge in [0, 0.05) is 30.9 Å². The summed E-state index contributed by atoms with van der Waals surface area (Å²) in [5.74, 6) is -0.970. The molecule has 1 unspecified atom stereocenters. The van der Waals surface area contributed by atoms with Gasteiger partial charge in [0.05, 0.1) is 13.2 Å². The molecule has 2 aromatic rings. The van der Waals surface area contributed by atoms with Crippen LogP contribution in [0.1, 0.15) is 29.5 Å². The van der Waals surface area contributed by atoms with Crippen molar-refractivity contribution in [1.82, 2.24) is 4.90 Å². The lowest BCUT2D eigenvalue weighted by atomic mass is 9.84. The van der Waals surface area contributed by atoms with Crippen molar-refractivity contribution in [3.63, 3.8) is 0 Å². The van der Waals surface area contributed by atoms with Crippen LogP contribution >= 0.6 is 0 Å². The van der Waals surface area contributed by atoms with Gasteiger partial charge >= 0.3 is 0 Å². The van der Waals surface area contributed by atoms with E-state index < -0.39 is 11.4 Å². The SMILES string of the molecule is CN(C)C1=CC(O)(c2ccccc2C2(c3ccccc3)OCCO2)CC1. The van der Waals surface area contributed by atoms with Crippen molar-refractivity contribution in [3.8, 4) is 0 Å². The van der Waals surface area contributed by atoms with Crippen LogP contribution in [0.2, 0.25) is 0 Å². The second-order valence-electron chi connectivity index (χ2n) is 7.18. The number of ether oxygens (including phenoxy) is 2. The summed E-state index contributed by atoms with van der Waals surface area (Å²) in [4.78, 5) is 2.07. The van der Waals surface area contributed by atoms with E-state index in [2.05, 4.69) is 4.90 Å². The van der Waals surface area contributed by atoms with Crippen molar-refractivity contribution >= 4 is 0 Å². The van der Waals surface area contributed by atoms with E-state index in [0.717, 1.165) is 28.8 Å². The third kappa shape index (κ3) is 2.75. The number of allylic oxidation sites excluding steroid dienone is 1. The minimum Gasteiger partial charge on any atom is -0.381 e. The molecule has 1 saturated heterocycles. The quantitative estimate of drug-likeness (QED) is 0.917. The lowest BCUT2D eigenvalue weighted by molar-refractivity contribution is -0.132. The zero-order valence-corrected chi connectivity index (χ0v) is 15.3. The first-order chi connectivity index (χ1) is 12.6. The number of hydrogen-bond donors (Lipinski definition) is 1. The lowest BCUT2D eigenvalue weighted by Crippen LogP contribution is -2.34. The molecular weight excluding hydrogens is 326 g/mol. The van der Waals surface area contributed by atoms with Crippen LogP contribution in [-0.2, 0) is 20.9 Å². The first-order valence-corrected chi connectivity index (χ1v) is 9.10. The number of hydrogen-bond acceptors (Lipinski definition) is 4. The van der Waals surface area contributed by atoms with Crippen molar-refractivity contribution in [1.29, 1.82) is 0 Å². The fourth-order valence-electron chi connectivity index (χ4n) is 4.00. The van der Waals surface area contributed by atoms with E-state index >= 15 is 0 Å². The van der Waals surface area contributed by atoms with Crippen LogP contribution < -0.4 is 0 Å².